The molecule has 0 saturated carbocycles. The van der Waals surface area contributed by atoms with E-state index in [1.807, 2.05) is 0 Å². The Labute approximate surface area is 124 Å². The monoisotopic (exact) mass is 313 g/mol. The van der Waals surface area contributed by atoms with Gasteiger partial charge < -0.3 is 14.4 Å². The lowest BCUT2D eigenvalue weighted by Gasteiger charge is -2.25. The number of carbonyl (C=O) groups is 2. The zero-order valence-corrected chi connectivity index (χ0v) is 13.3. The lowest BCUT2D eigenvalue weighted by atomic mass is 10.2. The highest BCUT2D eigenvalue weighted by Gasteiger charge is 2.40. The van der Waals surface area contributed by atoms with Crippen LogP contribution in [0.15, 0.2) is 30.3 Å². The molecule has 0 bridgehead atoms. The molecule has 0 saturated heterocycles. The van der Waals surface area contributed by atoms with E-state index in [-0.39, 0.29) is 13.2 Å². The number of nitrogens with one attached hydrogen (secondary N) is 1. The normalized spacial score (nSPS) is 12.7. The summed E-state index contributed by atoms with van der Waals surface area (Å²) in [6, 6.07) is 8.35. The molecule has 0 aliphatic carbocycles. The molecule has 1 aromatic carbocycles. The lowest BCUT2D eigenvalue weighted by Crippen LogP contribution is -2.40. The van der Waals surface area contributed by atoms with Crippen LogP contribution in [0.5, 0.6) is 0 Å². The van der Waals surface area contributed by atoms with Gasteiger partial charge >= 0.3 is 7.60 Å². The van der Waals surface area contributed by atoms with Gasteiger partial charge in [0.05, 0.1) is 13.2 Å². The van der Waals surface area contributed by atoms with Gasteiger partial charge in [0.2, 0.25) is 0 Å². The van der Waals surface area contributed by atoms with Crippen LogP contribution in [0.25, 0.3) is 0 Å². The van der Waals surface area contributed by atoms with Crippen LogP contribution in [-0.4, -0.2) is 30.7 Å². The van der Waals surface area contributed by atoms with Crippen molar-refractivity contribution in [1.82, 2.24) is 5.32 Å². The van der Waals surface area contributed by atoms with Crippen LogP contribution in [0.4, 0.5) is 0 Å². The highest BCUT2D eigenvalue weighted by molar-refractivity contribution is 7.55. The number of amides is 1. The molecule has 1 atom stereocenters. The third kappa shape index (κ3) is 4.77. The van der Waals surface area contributed by atoms with Crippen molar-refractivity contribution in [1.29, 1.82) is 0 Å². The Bertz CT molecular complexity index is 521. The first-order valence-corrected chi connectivity index (χ1v) is 8.31. The summed E-state index contributed by atoms with van der Waals surface area (Å²) in [6.45, 7) is 4.74. The van der Waals surface area contributed by atoms with E-state index in [4.69, 9.17) is 9.05 Å². The van der Waals surface area contributed by atoms with Crippen molar-refractivity contribution in [3.8, 4) is 0 Å². The van der Waals surface area contributed by atoms with Crippen molar-refractivity contribution in [2.75, 3.05) is 13.2 Å². The molecule has 1 rings (SSSR count). The first-order valence-electron chi connectivity index (χ1n) is 6.69. The molecule has 0 aliphatic heterocycles. The molecule has 1 N–H and O–H groups in total. The quantitative estimate of drug-likeness (QED) is 0.746. The van der Waals surface area contributed by atoms with E-state index >= 15 is 0 Å². The molecule has 0 heterocycles. The zero-order chi connectivity index (χ0) is 15.9. The molecule has 0 radical (unpaired) electrons. The Balaban J connectivity index is 2.99. The van der Waals surface area contributed by atoms with Gasteiger partial charge in [0.25, 0.3) is 5.91 Å². The summed E-state index contributed by atoms with van der Waals surface area (Å²) < 4.78 is 22.9. The van der Waals surface area contributed by atoms with Crippen LogP contribution in [0.3, 0.4) is 0 Å². The van der Waals surface area contributed by atoms with Gasteiger partial charge in [-0.15, -0.1) is 0 Å². The first kappa shape index (κ1) is 17.6. The fraction of sp³-hybridized carbons (Fsp3) is 0.429. The van der Waals surface area contributed by atoms with E-state index in [1.165, 1.54) is 6.92 Å². The Kier molecular flexibility index (Phi) is 6.75. The Morgan fingerprint density at radius 3 is 2.10 bits per heavy atom. The van der Waals surface area contributed by atoms with Crippen LogP contribution in [-0.2, 0) is 18.4 Å². The van der Waals surface area contributed by atoms with Crippen LogP contribution < -0.4 is 5.32 Å². The number of rotatable bonds is 8. The molecular weight excluding hydrogens is 293 g/mol. The molecule has 6 nitrogen and oxygen atoms in total. The number of ketones is 1. The van der Waals surface area contributed by atoms with Gasteiger partial charge in [-0.25, -0.2) is 0 Å². The fourth-order valence-corrected chi connectivity index (χ4v) is 3.56. The lowest BCUT2D eigenvalue weighted by molar-refractivity contribution is -0.117. The average molecular weight is 313 g/mol. The number of benzene rings is 1. The van der Waals surface area contributed by atoms with Crippen molar-refractivity contribution in [3.63, 3.8) is 0 Å². The summed E-state index contributed by atoms with van der Waals surface area (Å²) in [4.78, 5) is 23.9. The van der Waals surface area contributed by atoms with Crippen molar-refractivity contribution in [2.24, 2.45) is 0 Å². The van der Waals surface area contributed by atoms with Crippen molar-refractivity contribution < 1.29 is 23.2 Å². The zero-order valence-electron chi connectivity index (χ0n) is 12.4. The number of Topliss-reactive ketones (excluding diaryl/α,β-unsaturated/α-hetero) is 1. The number of carbonyl (C=O) groups excluding carboxylic acids is 2. The highest BCUT2D eigenvalue weighted by atomic mass is 31.2. The second kappa shape index (κ2) is 8.08. The highest BCUT2D eigenvalue weighted by Crippen LogP contribution is 2.52. The van der Waals surface area contributed by atoms with Gasteiger partial charge in [-0.1, -0.05) is 18.2 Å². The predicted molar refractivity (Wildman–Crippen MR) is 79.2 cm³/mol. The molecule has 116 valence electrons. The van der Waals surface area contributed by atoms with Gasteiger partial charge in [-0.2, -0.15) is 0 Å². The Hall–Kier alpha value is -1.49. The van der Waals surface area contributed by atoms with Gasteiger partial charge in [0.15, 0.2) is 11.6 Å². The van der Waals surface area contributed by atoms with Crippen molar-refractivity contribution in [2.45, 2.75) is 26.6 Å². The standard InChI is InChI=1S/C14H20NO5P/c1-4-19-21(18,20-5-2)14(11(3)16)15-13(17)12-9-7-6-8-10-12/h6-10,14H,4-5H2,1-3H3,(H,15,17). The SMILES string of the molecule is CCOP(=O)(OCC)C(NC(=O)c1ccccc1)C(C)=O. The molecule has 1 aromatic rings. The van der Waals surface area contributed by atoms with Crippen LogP contribution in [0.2, 0.25) is 0 Å². The first-order chi connectivity index (χ1) is 9.94. The fourth-order valence-electron chi connectivity index (χ4n) is 1.75. The third-order valence-electron chi connectivity index (χ3n) is 2.62. The molecule has 1 unspecified atom stereocenters. The minimum atomic E-state index is -3.74. The summed E-state index contributed by atoms with van der Waals surface area (Å²) in [5.41, 5.74) is 0.364. The third-order valence-corrected chi connectivity index (χ3v) is 4.98. The van der Waals surface area contributed by atoms with Gasteiger partial charge in [0, 0.05) is 5.56 Å². The maximum Gasteiger partial charge on any atom is 0.360 e. The molecule has 1 amide bonds. The average Bonchev–Trinajstić information content (AvgIpc) is 2.45. The smallest absolute Gasteiger partial charge is 0.332 e. The maximum atomic E-state index is 12.6. The minimum Gasteiger partial charge on any atom is -0.332 e. The number of hydrogen-bond acceptors (Lipinski definition) is 5. The van der Waals surface area contributed by atoms with Crippen LogP contribution >= 0.6 is 7.60 Å². The molecule has 0 fully saturated rings. The summed E-state index contributed by atoms with van der Waals surface area (Å²) in [5.74, 6) is -2.30. The summed E-state index contributed by atoms with van der Waals surface area (Å²) in [5, 5.41) is 2.44. The Morgan fingerprint density at radius 2 is 1.67 bits per heavy atom. The Morgan fingerprint density at radius 1 is 1.14 bits per heavy atom. The summed E-state index contributed by atoms with van der Waals surface area (Å²) in [7, 11) is -3.74. The van der Waals surface area contributed by atoms with E-state index in [0.717, 1.165) is 0 Å². The van der Waals surface area contributed by atoms with Crippen LogP contribution in [0, 0.1) is 0 Å². The van der Waals surface area contributed by atoms with E-state index in [9.17, 15) is 14.2 Å². The molecule has 0 aliphatic rings. The van der Waals surface area contributed by atoms with E-state index in [2.05, 4.69) is 5.32 Å². The number of hydrogen-bond donors (Lipinski definition) is 1. The topological polar surface area (TPSA) is 81.7 Å². The van der Waals surface area contributed by atoms with Crippen molar-refractivity contribution in [3.05, 3.63) is 35.9 Å². The minimum absolute atomic E-state index is 0.113. The molecule has 0 aromatic heterocycles. The second-order valence-electron chi connectivity index (χ2n) is 4.23. The second-order valence-corrected chi connectivity index (χ2v) is 6.34. The van der Waals surface area contributed by atoms with E-state index in [1.54, 1.807) is 44.2 Å². The predicted octanol–water partition coefficient (Wildman–Crippen LogP) is 2.60. The van der Waals surface area contributed by atoms with Crippen molar-refractivity contribution >= 4 is 19.3 Å². The van der Waals surface area contributed by atoms with Gasteiger partial charge in [-0.3, -0.25) is 14.2 Å². The molecular formula is C14H20NO5P. The van der Waals surface area contributed by atoms with Gasteiger partial charge in [0.1, 0.15) is 0 Å². The van der Waals surface area contributed by atoms with Gasteiger partial charge in [-0.05, 0) is 32.9 Å². The molecule has 21 heavy (non-hydrogen) atoms. The van der Waals surface area contributed by atoms with Crippen LogP contribution in [0.1, 0.15) is 31.1 Å². The van der Waals surface area contributed by atoms with E-state index in [0.29, 0.717) is 5.56 Å². The molecule has 7 heteroatoms. The molecule has 0 spiro atoms. The summed E-state index contributed by atoms with van der Waals surface area (Å²) in [6.07, 6.45) is 0. The van der Waals surface area contributed by atoms with E-state index < -0.39 is 25.1 Å². The largest absolute Gasteiger partial charge is 0.360 e. The maximum absolute atomic E-state index is 12.6. The summed E-state index contributed by atoms with van der Waals surface area (Å²) >= 11 is 0.